The summed E-state index contributed by atoms with van der Waals surface area (Å²) in [5, 5.41) is 3.28. The molecule has 0 aliphatic carbocycles. The molecular formula is C13H17F2NO2. The fraction of sp³-hybridized carbons (Fsp3) is 0.538. The van der Waals surface area contributed by atoms with Crippen LogP contribution < -0.4 is 10.1 Å². The van der Waals surface area contributed by atoms with Crippen molar-refractivity contribution in [2.75, 3.05) is 26.4 Å². The molecule has 18 heavy (non-hydrogen) atoms. The Morgan fingerprint density at radius 1 is 1.22 bits per heavy atom. The van der Waals surface area contributed by atoms with Gasteiger partial charge in [-0.05, 0) is 25.0 Å². The lowest BCUT2D eigenvalue weighted by Crippen LogP contribution is -2.37. The van der Waals surface area contributed by atoms with Gasteiger partial charge in [0, 0.05) is 25.8 Å². The summed E-state index contributed by atoms with van der Waals surface area (Å²) in [7, 11) is 0. The van der Waals surface area contributed by atoms with Gasteiger partial charge in [0.1, 0.15) is 6.61 Å². The molecule has 0 unspecified atom stereocenters. The highest BCUT2D eigenvalue weighted by atomic mass is 19.1. The van der Waals surface area contributed by atoms with Crippen molar-refractivity contribution in [2.45, 2.75) is 18.9 Å². The molecule has 0 amide bonds. The zero-order valence-electron chi connectivity index (χ0n) is 10.1. The standard InChI is InChI=1S/C13H17F2NO2/c14-11-2-1-3-12(15)13(11)18-9-6-16-10-4-7-17-8-5-10/h1-3,10,16H,4-9H2. The van der Waals surface area contributed by atoms with Crippen molar-refractivity contribution in [3.8, 4) is 5.75 Å². The van der Waals surface area contributed by atoms with Gasteiger partial charge >= 0.3 is 0 Å². The Hall–Kier alpha value is -1.20. The SMILES string of the molecule is Fc1cccc(F)c1OCCNC1CCOCC1. The molecule has 1 fully saturated rings. The van der Waals surface area contributed by atoms with Gasteiger partial charge in [-0.1, -0.05) is 6.07 Å². The highest BCUT2D eigenvalue weighted by molar-refractivity contribution is 5.25. The van der Waals surface area contributed by atoms with Crippen LogP contribution in [-0.2, 0) is 4.74 Å². The summed E-state index contributed by atoms with van der Waals surface area (Å²) < 4.78 is 36.8. The molecular weight excluding hydrogens is 240 g/mol. The molecule has 0 radical (unpaired) electrons. The highest BCUT2D eigenvalue weighted by Gasteiger charge is 2.13. The van der Waals surface area contributed by atoms with Gasteiger partial charge in [-0.2, -0.15) is 0 Å². The van der Waals surface area contributed by atoms with Gasteiger partial charge in [0.15, 0.2) is 17.4 Å². The topological polar surface area (TPSA) is 30.5 Å². The van der Waals surface area contributed by atoms with Crippen molar-refractivity contribution >= 4 is 0 Å². The maximum absolute atomic E-state index is 13.2. The lowest BCUT2D eigenvalue weighted by molar-refractivity contribution is 0.0769. The summed E-state index contributed by atoms with van der Waals surface area (Å²) in [5.41, 5.74) is 0. The number of para-hydroxylation sites is 1. The molecule has 1 aliphatic rings. The number of benzene rings is 1. The Morgan fingerprint density at radius 2 is 1.89 bits per heavy atom. The summed E-state index contributed by atoms with van der Waals surface area (Å²) in [4.78, 5) is 0. The predicted octanol–water partition coefficient (Wildman–Crippen LogP) is 2.11. The average molecular weight is 257 g/mol. The van der Waals surface area contributed by atoms with E-state index in [1.165, 1.54) is 18.2 Å². The first kappa shape index (κ1) is 13.2. The van der Waals surface area contributed by atoms with Crippen molar-refractivity contribution in [1.29, 1.82) is 0 Å². The van der Waals surface area contributed by atoms with Crippen LogP contribution in [0.5, 0.6) is 5.75 Å². The van der Waals surface area contributed by atoms with E-state index in [0.29, 0.717) is 12.6 Å². The van der Waals surface area contributed by atoms with Crippen LogP contribution in [0.4, 0.5) is 8.78 Å². The molecule has 3 nitrogen and oxygen atoms in total. The van der Waals surface area contributed by atoms with Crippen LogP contribution in [0.2, 0.25) is 0 Å². The quantitative estimate of drug-likeness (QED) is 0.820. The average Bonchev–Trinajstić information content (AvgIpc) is 2.38. The maximum atomic E-state index is 13.2. The molecule has 1 aromatic carbocycles. The number of ether oxygens (including phenoxy) is 2. The van der Waals surface area contributed by atoms with Crippen LogP contribution in [0, 0.1) is 11.6 Å². The normalized spacial score (nSPS) is 16.8. The number of hydrogen-bond acceptors (Lipinski definition) is 3. The Bertz CT molecular complexity index is 361. The van der Waals surface area contributed by atoms with Crippen LogP contribution >= 0.6 is 0 Å². The van der Waals surface area contributed by atoms with E-state index in [0.717, 1.165) is 26.1 Å². The summed E-state index contributed by atoms with van der Waals surface area (Å²) in [6, 6.07) is 4.10. The van der Waals surface area contributed by atoms with Gasteiger partial charge in [-0.3, -0.25) is 0 Å². The van der Waals surface area contributed by atoms with E-state index >= 15 is 0 Å². The van der Waals surface area contributed by atoms with Crippen molar-refractivity contribution in [2.24, 2.45) is 0 Å². The maximum Gasteiger partial charge on any atom is 0.190 e. The van der Waals surface area contributed by atoms with E-state index in [1.54, 1.807) is 0 Å². The third kappa shape index (κ3) is 3.65. The summed E-state index contributed by atoms with van der Waals surface area (Å²) >= 11 is 0. The van der Waals surface area contributed by atoms with E-state index in [-0.39, 0.29) is 12.4 Å². The number of rotatable bonds is 5. The molecule has 1 heterocycles. The van der Waals surface area contributed by atoms with Crippen LogP contribution in [0.15, 0.2) is 18.2 Å². The third-order valence-corrected chi connectivity index (χ3v) is 2.92. The minimum absolute atomic E-state index is 0.245. The summed E-state index contributed by atoms with van der Waals surface area (Å²) in [5.74, 6) is -1.63. The van der Waals surface area contributed by atoms with Crippen molar-refractivity contribution in [3.05, 3.63) is 29.8 Å². The van der Waals surface area contributed by atoms with Crippen LogP contribution in [0.1, 0.15) is 12.8 Å². The zero-order valence-corrected chi connectivity index (χ0v) is 10.1. The van der Waals surface area contributed by atoms with Crippen LogP contribution in [0.25, 0.3) is 0 Å². The Morgan fingerprint density at radius 3 is 2.56 bits per heavy atom. The Kier molecular flexibility index (Phi) is 4.90. The van der Waals surface area contributed by atoms with Crippen LogP contribution in [-0.4, -0.2) is 32.4 Å². The van der Waals surface area contributed by atoms with Gasteiger partial charge in [0.25, 0.3) is 0 Å². The van der Waals surface area contributed by atoms with Gasteiger partial charge in [-0.25, -0.2) is 8.78 Å². The van der Waals surface area contributed by atoms with E-state index < -0.39 is 11.6 Å². The van der Waals surface area contributed by atoms with Gasteiger partial charge in [-0.15, -0.1) is 0 Å². The minimum Gasteiger partial charge on any atom is -0.486 e. The number of halogens is 2. The molecule has 2 rings (SSSR count). The monoisotopic (exact) mass is 257 g/mol. The van der Waals surface area contributed by atoms with E-state index in [1.807, 2.05) is 0 Å². The van der Waals surface area contributed by atoms with Crippen LogP contribution in [0.3, 0.4) is 0 Å². The second-order valence-electron chi connectivity index (χ2n) is 4.24. The summed E-state index contributed by atoms with van der Waals surface area (Å²) in [6.07, 6.45) is 1.93. The lowest BCUT2D eigenvalue weighted by atomic mass is 10.1. The third-order valence-electron chi connectivity index (χ3n) is 2.92. The number of nitrogens with one attached hydrogen (secondary N) is 1. The van der Waals surface area contributed by atoms with E-state index in [2.05, 4.69) is 5.32 Å². The molecule has 0 spiro atoms. The minimum atomic E-state index is -0.666. The van der Waals surface area contributed by atoms with E-state index in [4.69, 9.17) is 9.47 Å². The van der Waals surface area contributed by atoms with Gasteiger partial charge in [0.05, 0.1) is 0 Å². The molecule has 0 atom stereocenters. The van der Waals surface area contributed by atoms with E-state index in [9.17, 15) is 8.78 Å². The lowest BCUT2D eigenvalue weighted by Gasteiger charge is -2.23. The van der Waals surface area contributed by atoms with Gasteiger partial charge < -0.3 is 14.8 Å². The Balaban J connectivity index is 1.71. The Labute approximate surface area is 105 Å². The molecule has 1 saturated heterocycles. The van der Waals surface area contributed by atoms with Gasteiger partial charge in [0.2, 0.25) is 0 Å². The van der Waals surface area contributed by atoms with Crippen molar-refractivity contribution in [1.82, 2.24) is 5.32 Å². The first-order valence-corrected chi connectivity index (χ1v) is 6.15. The van der Waals surface area contributed by atoms with Crippen molar-refractivity contribution in [3.63, 3.8) is 0 Å². The molecule has 0 aromatic heterocycles. The fourth-order valence-electron chi connectivity index (χ4n) is 1.94. The molecule has 5 heteroatoms. The number of hydrogen-bond donors (Lipinski definition) is 1. The van der Waals surface area contributed by atoms with Crippen molar-refractivity contribution < 1.29 is 18.3 Å². The smallest absolute Gasteiger partial charge is 0.190 e. The molecule has 1 aliphatic heterocycles. The second kappa shape index (κ2) is 6.66. The molecule has 100 valence electrons. The summed E-state index contributed by atoms with van der Waals surface area (Å²) in [6.45, 7) is 2.34. The largest absolute Gasteiger partial charge is 0.486 e. The highest BCUT2D eigenvalue weighted by Crippen LogP contribution is 2.20. The zero-order chi connectivity index (χ0) is 12.8. The first-order chi connectivity index (χ1) is 8.77. The molecule has 0 bridgehead atoms. The molecule has 1 aromatic rings. The second-order valence-corrected chi connectivity index (χ2v) is 4.24. The fourth-order valence-corrected chi connectivity index (χ4v) is 1.94. The predicted molar refractivity (Wildman–Crippen MR) is 63.7 cm³/mol. The molecule has 0 saturated carbocycles. The first-order valence-electron chi connectivity index (χ1n) is 6.15. The molecule has 1 N–H and O–H groups in total.